The summed E-state index contributed by atoms with van der Waals surface area (Å²) in [6.45, 7) is 3.64. The summed E-state index contributed by atoms with van der Waals surface area (Å²) in [5.74, 6) is 1.19. The number of carboxylic acid groups (broad SMARTS) is 1. The Morgan fingerprint density at radius 3 is 2.43 bits per heavy atom. The first-order valence-corrected chi connectivity index (χ1v) is 12.2. The van der Waals surface area contributed by atoms with Crippen molar-refractivity contribution in [3.63, 3.8) is 0 Å². The van der Waals surface area contributed by atoms with Crippen LogP contribution in [0.25, 0.3) is 0 Å². The molecule has 1 aromatic rings. The molecule has 1 aromatic carbocycles. The molecule has 0 bridgehead atoms. The molecule has 1 fully saturated rings. The Balaban J connectivity index is 0.00000450. The SMILES string of the molecule is CCCCCCCCSCCCNC(=O)c1ccc(N2CCCC2C(=O)[O-])cc1.[K+]. The molecule has 1 amide bonds. The van der Waals surface area contributed by atoms with Gasteiger partial charge in [-0.3, -0.25) is 4.79 Å². The maximum absolute atomic E-state index is 12.3. The predicted octanol–water partition coefficient (Wildman–Crippen LogP) is 0.623. The van der Waals surface area contributed by atoms with Crippen molar-refractivity contribution in [3.8, 4) is 0 Å². The molecule has 2 rings (SSSR count). The third-order valence-electron chi connectivity index (χ3n) is 5.38. The molecule has 1 heterocycles. The Hall–Kier alpha value is -0.0536. The fourth-order valence-electron chi connectivity index (χ4n) is 3.69. The van der Waals surface area contributed by atoms with E-state index in [1.165, 1.54) is 44.3 Å². The molecule has 30 heavy (non-hydrogen) atoms. The Morgan fingerprint density at radius 1 is 1.07 bits per heavy atom. The zero-order valence-electron chi connectivity index (χ0n) is 18.7. The Bertz CT molecular complexity index is 627. The summed E-state index contributed by atoms with van der Waals surface area (Å²) in [6, 6.07) is 6.62. The first kappa shape index (κ1) is 28.0. The third-order valence-corrected chi connectivity index (χ3v) is 6.53. The van der Waals surface area contributed by atoms with E-state index in [1.54, 1.807) is 12.1 Å². The van der Waals surface area contributed by atoms with Gasteiger partial charge in [0.05, 0.1) is 12.0 Å². The number of nitrogens with one attached hydrogen (secondary N) is 1. The van der Waals surface area contributed by atoms with Crippen LogP contribution in [-0.4, -0.2) is 42.5 Å². The molecule has 0 spiro atoms. The van der Waals surface area contributed by atoms with Crippen molar-refractivity contribution in [3.05, 3.63) is 29.8 Å². The second-order valence-electron chi connectivity index (χ2n) is 7.71. The van der Waals surface area contributed by atoms with Crippen molar-refractivity contribution >= 4 is 29.3 Å². The fraction of sp³-hybridized carbons (Fsp3) is 0.652. The number of hydrogen-bond acceptors (Lipinski definition) is 5. The van der Waals surface area contributed by atoms with Gasteiger partial charge in [0.15, 0.2) is 0 Å². The van der Waals surface area contributed by atoms with Gasteiger partial charge in [-0.05, 0) is 61.5 Å². The molecule has 162 valence electrons. The number of carbonyl (C=O) groups excluding carboxylic acids is 2. The van der Waals surface area contributed by atoms with Gasteiger partial charge in [-0.2, -0.15) is 11.8 Å². The van der Waals surface area contributed by atoms with E-state index in [4.69, 9.17) is 0 Å². The summed E-state index contributed by atoms with van der Waals surface area (Å²) in [7, 11) is 0. The van der Waals surface area contributed by atoms with Crippen molar-refractivity contribution in [1.29, 1.82) is 0 Å². The van der Waals surface area contributed by atoms with E-state index < -0.39 is 12.0 Å². The zero-order valence-corrected chi connectivity index (χ0v) is 22.6. The minimum Gasteiger partial charge on any atom is -0.548 e. The van der Waals surface area contributed by atoms with Gasteiger partial charge in [0.1, 0.15) is 0 Å². The van der Waals surface area contributed by atoms with Crippen molar-refractivity contribution in [1.82, 2.24) is 5.32 Å². The maximum atomic E-state index is 12.3. The van der Waals surface area contributed by atoms with Gasteiger partial charge in [-0.1, -0.05) is 39.0 Å². The van der Waals surface area contributed by atoms with Crippen LogP contribution in [0.5, 0.6) is 0 Å². The van der Waals surface area contributed by atoms with Gasteiger partial charge in [0.2, 0.25) is 0 Å². The molecular weight excluding hydrogens is 423 g/mol. The van der Waals surface area contributed by atoms with Crippen LogP contribution < -0.4 is 66.7 Å². The van der Waals surface area contributed by atoms with Crippen molar-refractivity contribution in [2.75, 3.05) is 29.5 Å². The molecule has 0 aromatic heterocycles. The Labute approximate surface area is 228 Å². The molecule has 0 radical (unpaired) electrons. The van der Waals surface area contributed by atoms with Crippen LogP contribution in [0.1, 0.15) is 75.1 Å². The molecule has 1 saturated heterocycles. The minimum atomic E-state index is -1.03. The summed E-state index contributed by atoms with van der Waals surface area (Å²) in [4.78, 5) is 25.3. The number of amides is 1. The number of nitrogens with zero attached hydrogens (tertiary/aromatic N) is 1. The van der Waals surface area contributed by atoms with Crippen LogP contribution in [-0.2, 0) is 4.79 Å². The van der Waals surface area contributed by atoms with Crippen molar-refractivity contribution in [2.24, 2.45) is 0 Å². The summed E-state index contributed by atoms with van der Waals surface area (Å²) in [5, 5.41) is 14.2. The van der Waals surface area contributed by atoms with E-state index in [1.807, 2.05) is 28.8 Å². The van der Waals surface area contributed by atoms with E-state index in [0.717, 1.165) is 24.3 Å². The van der Waals surface area contributed by atoms with E-state index >= 15 is 0 Å². The fourth-order valence-corrected chi connectivity index (χ4v) is 4.65. The molecule has 1 N–H and O–H groups in total. The van der Waals surface area contributed by atoms with Crippen molar-refractivity contribution in [2.45, 2.75) is 70.8 Å². The number of rotatable bonds is 14. The van der Waals surface area contributed by atoms with Gasteiger partial charge in [0, 0.05) is 24.3 Å². The van der Waals surface area contributed by atoms with Crippen LogP contribution in [0, 0.1) is 0 Å². The number of anilines is 1. The van der Waals surface area contributed by atoms with Gasteiger partial charge in [-0.15, -0.1) is 0 Å². The third kappa shape index (κ3) is 10.0. The first-order chi connectivity index (χ1) is 14.1. The molecular formula is C23H35KN2O3S. The van der Waals surface area contributed by atoms with Crippen molar-refractivity contribution < 1.29 is 66.1 Å². The molecule has 0 aliphatic carbocycles. The molecule has 1 aliphatic rings. The number of unbranched alkanes of at least 4 members (excludes halogenated alkanes) is 5. The summed E-state index contributed by atoms with van der Waals surface area (Å²) in [5.41, 5.74) is 1.44. The quantitative estimate of drug-likeness (QED) is 0.327. The Kier molecular flexibility index (Phi) is 15.4. The molecule has 1 aliphatic heterocycles. The number of thioether (sulfide) groups is 1. The van der Waals surface area contributed by atoms with Crippen LogP contribution in [0.2, 0.25) is 0 Å². The van der Waals surface area contributed by atoms with E-state index in [0.29, 0.717) is 25.1 Å². The van der Waals surface area contributed by atoms with Crippen LogP contribution in [0.15, 0.2) is 24.3 Å². The maximum Gasteiger partial charge on any atom is 1.00 e. The number of carbonyl (C=O) groups is 2. The van der Waals surface area contributed by atoms with Gasteiger partial charge < -0.3 is 20.1 Å². The van der Waals surface area contributed by atoms with Gasteiger partial charge in [-0.25, -0.2) is 0 Å². The molecule has 7 heteroatoms. The molecule has 1 atom stereocenters. The monoisotopic (exact) mass is 458 g/mol. The number of benzene rings is 1. The molecule has 0 saturated carbocycles. The second-order valence-corrected chi connectivity index (χ2v) is 8.93. The minimum absolute atomic E-state index is 0. The predicted molar refractivity (Wildman–Crippen MR) is 119 cm³/mol. The summed E-state index contributed by atoms with van der Waals surface area (Å²) >= 11 is 1.97. The normalized spacial score (nSPS) is 15.6. The van der Waals surface area contributed by atoms with Crippen LogP contribution in [0.4, 0.5) is 5.69 Å². The van der Waals surface area contributed by atoms with E-state index in [-0.39, 0.29) is 57.3 Å². The average molecular weight is 459 g/mol. The first-order valence-electron chi connectivity index (χ1n) is 11.1. The zero-order chi connectivity index (χ0) is 20.9. The largest absolute Gasteiger partial charge is 1.00 e. The van der Waals surface area contributed by atoms with E-state index in [9.17, 15) is 14.7 Å². The van der Waals surface area contributed by atoms with Crippen LogP contribution >= 0.6 is 11.8 Å². The number of hydrogen-bond donors (Lipinski definition) is 1. The number of aliphatic carboxylic acids is 1. The van der Waals surface area contributed by atoms with Gasteiger partial charge in [0.25, 0.3) is 5.91 Å². The van der Waals surface area contributed by atoms with Crippen LogP contribution in [0.3, 0.4) is 0 Å². The molecule has 1 unspecified atom stereocenters. The summed E-state index contributed by atoms with van der Waals surface area (Å²) in [6.07, 6.45) is 10.4. The average Bonchev–Trinajstić information content (AvgIpc) is 3.22. The number of carboxylic acids is 1. The van der Waals surface area contributed by atoms with E-state index in [2.05, 4.69) is 12.2 Å². The summed E-state index contributed by atoms with van der Waals surface area (Å²) < 4.78 is 0. The second kappa shape index (κ2) is 16.6. The smallest absolute Gasteiger partial charge is 0.548 e. The molecule has 5 nitrogen and oxygen atoms in total. The Morgan fingerprint density at radius 2 is 1.73 bits per heavy atom. The van der Waals surface area contributed by atoms with Gasteiger partial charge >= 0.3 is 51.4 Å². The topological polar surface area (TPSA) is 72.5 Å². The standard InChI is InChI=1S/C23H36N2O3S.K/c1-2-3-4-5-6-7-17-29-18-9-15-24-22(26)19-11-13-20(14-12-19)25-16-8-10-21(25)23(27)28;/h11-14,21H,2-10,15-18H2,1H3,(H,24,26)(H,27,28);/q;+1/p-1.